The molecule has 0 spiro atoms. The Hall–Kier alpha value is -5.02. The van der Waals surface area contributed by atoms with E-state index < -0.39 is 0 Å². The van der Waals surface area contributed by atoms with Crippen molar-refractivity contribution >= 4 is 58.1 Å². The Morgan fingerprint density at radius 3 is 2.66 bits per heavy atom. The summed E-state index contributed by atoms with van der Waals surface area (Å²) in [4.78, 5) is 54.3. The van der Waals surface area contributed by atoms with E-state index >= 15 is 0 Å². The monoisotopic (exact) mass is 700 g/mol. The highest BCUT2D eigenvalue weighted by molar-refractivity contribution is 7.14. The Morgan fingerprint density at radius 1 is 1.20 bits per heavy atom. The van der Waals surface area contributed by atoms with Gasteiger partial charge in [0, 0.05) is 44.0 Å². The van der Waals surface area contributed by atoms with Gasteiger partial charge in [0.05, 0.1) is 42.7 Å². The Bertz CT molecular complexity index is 1800. The molecule has 6 N–H and O–H groups in total. The molecule has 2 atom stereocenters. The van der Waals surface area contributed by atoms with Gasteiger partial charge in [0.1, 0.15) is 21.4 Å². The molecule has 3 aromatic heterocycles. The van der Waals surface area contributed by atoms with E-state index in [1.54, 1.807) is 48.6 Å². The van der Waals surface area contributed by atoms with E-state index in [0.717, 1.165) is 15.5 Å². The molecule has 50 heavy (non-hydrogen) atoms. The van der Waals surface area contributed by atoms with Gasteiger partial charge in [0.2, 0.25) is 17.7 Å². The van der Waals surface area contributed by atoms with Gasteiger partial charge in [-0.3, -0.25) is 29.8 Å². The number of hydrogen-bond acceptors (Lipinski definition) is 10. The number of pyridine rings is 2. The summed E-state index contributed by atoms with van der Waals surface area (Å²) in [7, 11) is 1.76. The normalized spacial score (nSPS) is 17.6. The summed E-state index contributed by atoms with van der Waals surface area (Å²) in [6.45, 7) is 10.2. The first-order valence-corrected chi connectivity index (χ1v) is 17.6. The summed E-state index contributed by atoms with van der Waals surface area (Å²) in [5.41, 5.74) is 14.6. The molecule has 3 aromatic rings. The molecule has 1 saturated heterocycles. The molecule has 1 unspecified atom stereocenters. The number of nitrogens with one attached hydrogen (secondary N) is 2. The van der Waals surface area contributed by atoms with Crippen LogP contribution in [0.1, 0.15) is 61.7 Å². The molecular formula is C35H46N11O3S+. The van der Waals surface area contributed by atoms with Gasteiger partial charge in [0.15, 0.2) is 0 Å². The second-order valence-electron chi connectivity index (χ2n) is 12.5. The average molecular weight is 701 g/mol. The van der Waals surface area contributed by atoms with Crippen molar-refractivity contribution in [3.63, 3.8) is 0 Å². The van der Waals surface area contributed by atoms with Crippen LogP contribution in [0.2, 0.25) is 0 Å². The fourth-order valence-corrected chi connectivity index (χ4v) is 6.89. The van der Waals surface area contributed by atoms with Crippen LogP contribution >= 0.6 is 11.3 Å². The van der Waals surface area contributed by atoms with Gasteiger partial charge in [-0.05, 0) is 75.8 Å². The minimum Gasteiger partial charge on any atom is -0.475 e. The van der Waals surface area contributed by atoms with Gasteiger partial charge in [-0.25, -0.2) is 15.0 Å². The third-order valence-corrected chi connectivity index (χ3v) is 9.84. The zero-order chi connectivity index (χ0) is 35.9. The summed E-state index contributed by atoms with van der Waals surface area (Å²) in [5, 5.41) is 9.68. The fourth-order valence-electron chi connectivity index (χ4n) is 6.00. The Morgan fingerprint density at radius 2 is 2.00 bits per heavy atom. The number of nitrogens with two attached hydrogens (primary N) is 2. The van der Waals surface area contributed by atoms with E-state index in [0.29, 0.717) is 74.3 Å². The van der Waals surface area contributed by atoms with Crippen LogP contribution in [0.25, 0.3) is 5.57 Å². The van der Waals surface area contributed by atoms with Crippen molar-refractivity contribution in [2.75, 3.05) is 50.4 Å². The van der Waals surface area contributed by atoms with Gasteiger partial charge in [-0.15, -0.1) is 11.3 Å². The molecule has 0 aromatic carbocycles. The smallest absolute Gasteiger partial charge is 0.281 e. The number of carbonyl (C=O) groups excluding carboxylic acids is 2. The van der Waals surface area contributed by atoms with Crippen LogP contribution < -0.4 is 26.1 Å². The highest BCUT2D eigenvalue weighted by Crippen LogP contribution is 2.29. The number of carbonyl (C=O) groups is 2. The van der Waals surface area contributed by atoms with Gasteiger partial charge < -0.3 is 21.1 Å². The molecule has 0 radical (unpaired) electrons. The molecule has 15 heteroatoms. The molecule has 5 heterocycles. The van der Waals surface area contributed by atoms with Crippen molar-refractivity contribution in [3.05, 3.63) is 63.9 Å². The van der Waals surface area contributed by atoms with Gasteiger partial charge in [-0.1, -0.05) is 6.08 Å². The molecule has 264 valence electrons. The predicted octanol–water partition coefficient (Wildman–Crippen LogP) is 1.54. The Kier molecular flexibility index (Phi) is 11.7. The molecular weight excluding hydrogens is 655 g/mol. The summed E-state index contributed by atoms with van der Waals surface area (Å²) in [6.07, 6.45) is 8.18. The van der Waals surface area contributed by atoms with Gasteiger partial charge >= 0.3 is 0 Å². The number of amides is 2. The topological polar surface area (TPSA) is 194 Å². The maximum Gasteiger partial charge on any atom is 0.281 e. The number of nitrogen functional groups attached to an aromatic ring is 1. The summed E-state index contributed by atoms with van der Waals surface area (Å²) < 4.78 is 5.62. The number of ether oxygens (including phenoxy) is 1. The maximum absolute atomic E-state index is 13.9. The van der Waals surface area contributed by atoms with Crippen LogP contribution in [0.4, 0.5) is 11.5 Å². The predicted molar refractivity (Wildman–Crippen MR) is 197 cm³/mol. The second kappa shape index (κ2) is 16.1. The maximum atomic E-state index is 13.9. The average Bonchev–Trinajstić information content (AvgIpc) is 3.82. The van der Waals surface area contributed by atoms with Crippen LogP contribution in [0, 0.1) is 11.3 Å². The quantitative estimate of drug-likeness (QED) is 0.160. The number of aromatic nitrogens is 3. The summed E-state index contributed by atoms with van der Waals surface area (Å²) >= 11 is 1.48. The van der Waals surface area contributed by atoms with Crippen LogP contribution in [0.3, 0.4) is 0 Å². The molecule has 0 bridgehead atoms. The lowest BCUT2D eigenvalue weighted by molar-refractivity contribution is -0.414. The third-order valence-electron chi connectivity index (χ3n) is 8.75. The van der Waals surface area contributed by atoms with Crippen molar-refractivity contribution in [2.24, 2.45) is 16.6 Å². The van der Waals surface area contributed by atoms with E-state index in [9.17, 15) is 9.59 Å². The first-order valence-electron chi connectivity index (χ1n) is 16.8. The van der Waals surface area contributed by atoms with Crippen LogP contribution in [-0.4, -0.2) is 106 Å². The molecule has 0 aliphatic carbocycles. The molecule has 14 nitrogen and oxygen atoms in total. The van der Waals surface area contributed by atoms with E-state index in [1.807, 2.05) is 32.6 Å². The van der Waals surface area contributed by atoms with Gasteiger partial charge in [0.25, 0.3) is 12.2 Å². The Balaban J connectivity index is 1.20. The standard InChI is InChI=1S/C35H45N11O3S/c1-6-46(28-9-8-26(36)31(43-28)30(37)24-7-10-29(40-17-24)49-21(2)3)35(48)25-13-16-45(19-25)22(4)34(47)44-14-11-23(12-15-44)33-41-18-27(50-33)32(38)42-20-39-5/h7-11,17-18,20-22,25,37H,6,12-16,19,36H2,1-5H3,(H2,38,39,42)/p+1/t22?,25-/m1/s1. The third kappa shape index (κ3) is 8.22. The highest BCUT2D eigenvalue weighted by Gasteiger charge is 2.37. The van der Waals surface area contributed by atoms with Crippen molar-refractivity contribution in [1.29, 1.82) is 5.41 Å². The lowest BCUT2D eigenvalue weighted by atomic mass is 10.1. The highest BCUT2D eigenvalue weighted by atomic mass is 32.1. The number of likely N-dealkylation sites (tertiary alicyclic amines) is 1. The zero-order valence-electron chi connectivity index (χ0n) is 29.2. The van der Waals surface area contributed by atoms with E-state index in [2.05, 4.69) is 35.9 Å². The van der Waals surface area contributed by atoms with Crippen molar-refractivity contribution in [3.8, 4) is 5.88 Å². The van der Waals surface area contributed by atoms with E-state index in [1.165, 1.54) is 17.7 Å². The van der Waals surface area contributed by atoms with Crippen LogP contribution in [0.5, 0.6) is 5.88 Å². The van der Waals surface area contributed by atoms with E-state index in [-0.39, 0.29) is 41.3 Å². The van der Waals surface area contributed by atoms with Crippen molar-refractivity contribution in [2.45, 2.75) is 52.7 Å². The first-order chi connectivity index (χ1) is 24.0. The zero-order valence-corrected chi connectivity index (χ0v) is 30.0. The molecule has 2 aliphatic heterocycles. The van der Waals surface area contributed by atoms with E-state index in [4.69, 9.17) is 21.6 Å². The molecule has 2 amide bonds. The second-order valence-corrected chi connectivity index (χ2v) is 13.5. The number of hydrogen-bond donors (Lipinski definition) is 4. The number of amidine groups is 1. The Labute approximate surface area is 296 Å². The first kappa shape index (κ1) is 36.3. The summed E-state index contributed by atoms with van der Waals surface area (Å²) in [6, 6.07) is 6.47. The lowest BCUT2D eigenvalue weighted by Crippen LogP contribution is -2.62. The molecule has 2 aliphatic rings. The number of anilines is 2. The number of nitrogens with zero attached hydrogens (tertiary/aromatic N) is 7. The largest absolute Gasteiger partial charge is 0.475 e. The minimum absolute atomic E-state index is 0.0186. The lowest BCUT2D eigenvalue weighted by Gasteiger charge is -2.32. The molecule has 5 rings (SSSR count). The van der Waals surface area contributed by atoms with Gasteiger partial charge in [-0.2, -0.15) is 0 Å². The minimum atomic E-state index is -0.364. The van der Waals surface area contributed by atoms with Crippen molar-refractivity contribution in [1.82, 2.24) is 24.8 Å². The number of thiazole rings is 1. The molecule has 0 saturated carbocycles. The fraction of sp³-hybridized carbons (Fsp3) is 0.429. The SMILES string of the molecule is CCN(C(=O)[C@@H]1CCN(C(C)C(=O)N2CC=C(c3ncc(C(N)=NC=[NH+]C)s3)CC2)C1)c1ccc(N)c(C(=N)c2ccc(OC(C)C)nc2)n1. The van der Waals surface area contributed by atoms with Crippen LogP contribution in [-0.2, 0) is 9.59 Å². The summed E-state index contributed by atoms with van der Waals surface area (Å²) in [5.74, 6) is 0.980. The number of aliphatic imine (C=N–C) groups is 1. The van der Waals surface area contributed by atoms with Crippen molar-refractivity contribution < 1.29 is 19.3 Å². The number of rotatable bonds is 12. The van der Waals surface area contributed by atoms with Crippen LogP contribution in [0.15, 0.2) is 47.7 Å². The molecule has 1 fully saturated rings.